The van der Waals surface area contributed by atoms with Crippen LogP contribution >= 0.6 is 11.6 Å². The first-order valence-corrected chi connectivity index (χ1v) is 5.47. The third kappa shape index (κ3) is 1.66. The molecule has 2 atom stereocenters. The van der Waals surface area contributed by atoms with Crippen molar-refractivity contribution in [2.24, 2.45) is 0 Å². The van der Waals surface area contributed by atoms with Crippen molar-refractivity contribution in [2.45, 2.75) is 38.3 Å². The maximum Gasteiger partial charge on any atom is 0.130 e. The first kappa shape index (κ1) is 9.99. The van der Waals surface area contributed by atoms with Crippen molar-refractivity contribution in [3.63, 3.8) is 0 Å². The maximum absolute atomic E-state index is 6.16. The molecule has 78 valence electrons. The fourth-order valence-electron chi connectivity index (χ4n) is 2.13. The van der Waals surface area contributed by atoms with Crippen LogP contribution in [0.1, 0.15) is 30.9 Å². The molecule has 2 rings (SSSR count). The summed E-state index contributed by atoms with van der Waals surface area (Å²) in [6.45, 7) is 2.00. The van der Waals surface area contributed by atoms with Gasteiger partial charge in [0.2, 0.25) is 0 Å². The molecule has 0 saturated heterocycles. The largest absolute Gasteiger partial charge is 0.317 e. The van der Waals surface area contributed by atoms with E-state index in [2.05, 4.69) is 10.4 Å². The minimum absolute atomic E-state index is 0.480. The molecule has 1 fully saturated rings. The van der Waals surface area contributed by atoms with Crippen molar-refractivity contribution in [3.05, 3.63) is 16.9 Å². The van der Waals surface area contributed by atoms with E-state index in [1.165, 1.54) is 12.8 Å². The second-order valence-electron chi connectivity index (χ2n) is 4.02. The van der Waals surface area contributed by atoms with Crippen molar-refractivity contribution in [1.29, 1.82) is 0 Å². The summed E-state index contributed by atoms with van der Waals surface area (Å²) in [6.07, 6.45) is 5.37. The first-order valence-electron chi connectivity index (χ1n) is 5.09. The molecule has 1 aliphatic carbocycles. The highest BCUT2D eigenvalue weighted by atomic mass is 35.5. The Hall–Kier alpha value is -0.540. The van der Waals surface area contributed by atoms with Crippen molar-refractivity contribution in [3.8, 4) is 0 Å². The van der Waals surface area contributed by atoms with Gasteiger partial charge in [0.05, 0.1) is 12.2 Å². The molecule has 1 N–H and O–H groups in total. The summed E-state index contributed by atoms with van der Waals surface area (Å²) in [5.41, 5.74) is 1.07. The minimum atomic E-state index is 0.480. The van der Waals surface area contributed by atoms with Gasteiger partial charge in [-0.2, -0.15) is 5.10 Å². The molecule has 0 aromatic carbocycles. The average Bonchev–Trinajstić information content (AvgIpc) is 2.75. The molecule has 1 saturated carbocycles. The number of nitrogens with one attached hydrogen (secondary N) is 1. The number of rotatable bonds is 2. The van der Waals surface area contributed by atoms with Crippen molar-refractivity contribution in [2.75, 3.05) is 7.05 Å². The zero-order valence-electron chi connectivity index (χ0n) is 8.63. The number of aromatic nitrogens is 2. The Bertz CT molecular complexity index is 321. The molecule has 3 nitrogen and oxygen atoms in total. The number of hydrogen-bond acceptors (Lipinski definition) is 2. The highest BCUT2D eigenvalue weighted by molar-refractivity contribution is 6.30. The summed E-state index contributed by atoms with van der Waals surface area (Å²) >= 11 is 6.16. The maximum atomic E-state index is 6.16. The normalized spacial score (nSPS) is 27.1. The highest BCUT2D eigenvalue weighted by Gasteiger charge is 2.26. The third-order valence-corrected chi connectivity index (χ3v) is 3.53. The molecule has 0 spiro atoms. The number of nitrogens with zero attached hydrogens (tertiary/aromatic N) is 2. The van der Waals surface area contributed by atoms with Crippen LogP contribution in [0.15, 0.2) is 6.20 Å². The van der Waals surface area contributed by atoms with E-state index in [4.69, 9.17) is 11.6 Å². The van der Waals surface area contributed by atoms with Crippen LogP contribution in [0.2, 0.25) is 5.15 Å². The molecule has 14 heavy (non-hydrogen) atoms. The topological polar surface area (TPSA) is 29.9 Å². The summed E-state index contributed by atoms with van der Waals surface area (Å²) in [5.74, 6) is 0. The Morgan fingerprint density at radius 2 is 2.36 bits per heavy atom. The van der Waals surface area contributed by atoms with E-state index in [9.17, 15) is 0 Å². The van der Waals surface area contributed by atoms with Crippen molar-refractivity contribution in [1.82, 2.24) is 15.1 Å². The minimum Gasteiger partial charge on any atom is -0.317 e. The second kappa shape index (κ2) is 3.91. The lowest BCUT2D eigenvalue weighted by molar-refractivity contribution is 0.451. The fourth-order valence-corrected chi connectivity index (χ4v) is 2.36. The fraction of sp³-hybridized carbons (Fsp3) is 0.700. The quantitative estimate of drug-likeness (QED) is 0.816. The molecule has 0 radical (unpaired) electrons. The first-order chi connectivity index (χ1) is 6.72. The molecule has 1 aliphatic rings. The molecule has 0 bridgehead atoms. The van der Waals surface area contributed by atoms with Crippen LogP contribution in [0.4, 0.5) is 0 Å². The van der Waals surface area contributed by atoms with Gasteiger partial charge < -0.3 is 5.32 Å². The van der Waals surface area contributed by atoms with Gasteiger partial charge >= 0.3 is 0 Å². The Morgan fingerprint density at radius 3 is 2.86 bits per heavy atom. The van der Waals surface area contributed by atoms with Crippen LogP contribution in [0.5, 0.6) is 0 Å². The second-order valence-corrected chi connectivity index (χ2v) is 4.37. The predicted octanol–water partition coefficient (Wildman–Crippen LogP) is 2.16. The smallest absolute Gasteiger partial charge is 0.130 e. The molecule has 2 unspecified atom stereocenters. The Labute approximate surface area is 89.4 Å². The lowest BCUT2D eigenvalue weighted by atomic mass is 10.2. The van der Waals surface area contributed by atoms with E-state index in [1.807, 2.05) is 24.9 Å². The van der Waals surface area contributed by atoms with E-state index < -0.39 is 0 Å². The van der Waals surface area contributed by atoms with E-state index in [-0.39, 0.29) is 0 Å². The lowest BCUT2D eigenvalue weighted by Crippen LogP contribution is -2.22. The standard InChI is InChI=1S/C10H16ClN3/c1-7-6-13-14(10(7)11)9-4-3-8(5-9)12-2/h6,8-9,12H,3-5H2,1-2H3. The molecule has 1 aromatic rings. The van der Waals surface area contributed by atoms with E-state index in [1.54, 1.807) is 0 Å². The molecule has 1 heterocycles. The summed E-state index contributed by atoms with van der Waals surface area (Å²) in [6, 6.07) is 1.11. The Kier molecular flexibility index (Phi) is 2.79. The van der Waals surface area contributed by atoms with Gasteiger partial charge in [-0.3, -0.25) is 4.68 Å². The Morgan fingerprint density at radius 1 is 1.57 bits per heavy atom. The van der Waals surface area contributed by atoms with Gasteiger partial charge in [0.25, 0.3) is 0 Å². The van der Waals surface area contributed by atoms with Gasteiger partial charge in [0.1, 0.15) is 5.15 Å². The zero-order chi connectivity index (χ0) is 10.1. The number of hydrogen-bond donors (Lipinski definition) is 1. The Balaban J connectivity index is 2.13. The molecular weight excluding hydrogens is 198 g/mol. The van der Waals surface area contributed by atoms with Crippen LogP contribution in [0.25, 0.3) is 0 Å². The lowest BCUT2D eigenvalue weighted by Gasteiger charge is -2.12. The molecule has 1 aromatic heterocycles. The zero-order valence-corrected chi connectivity index (χ0v) is 9.38. The van der Waals surface area contributed by atoms with Gasteiger partial charge in [-0.1, -0.05) is 11.6 Å². The number of aryl methyl sites for hydroxylation is 1. The summed E-state index contributed by atoms with van der Waals surface area (Å²) < 4.78 is 1.97. The van der Waals surface area contributed by atoms with E-state index in [0.29, 0.717) is 12.1 Å². The average molecular weight is 214 g/mol. The van der Waals surface area contributed by atoms with Gasteiger partial charge in [0.15, 0.2) is 0 Å². The van der Waals surface area contributed by atoms with Gasteiger partial charge in [0, 0.05) is 11.6 Å². The third-order valence-electron chi connectivity index (χ3n) is 3.06. The van der Waals surface area contributed by atoms with E-state index >= 15 is 0 Å². The molecule has 4 heteroatoms. The van der Waals surface area contributed by atoms with Crippen molar-refractivity contribution >= 4 is 11.6 Å². The summed E-state index contributed by atoms with van der Waals surface area (Å²) in [5, 5.41) is 8.43. The molecule has 0 amide bonds. The molecule has 0 aliphatic heterocycles. The SMILES string of the molecule is CNC1CCC(n2ncc(C)c2Cl)C1. The van der Waals surface area contributed by atoms with Gasteiger partial charge in [-0.05, 0) is 33.2 Å². The van der Waals surface area contributed by atoms with Crippen LogP contribution in [0, 0.1) is 6.92 Å². The summed E-state index contributed by atoms with van der Waals surface area (Å²) in [4.78, 5) is 0. The van der Waals surface area contributed by atoms with Crippen LogP contribution in [-0.4, -0.2) is 22.9 Å². The van der Waals surface area contributed by atoms with Gasteiger partial charge in [-0.15, -0.1) is 0 Å². The monoisotopic (exact) mass is 213 g/mol. The van der Waals surface area contributed by atoms with Gasteiger partial charge in [-0.25, -0.2) is 0 Å². The van der Waals surface area contributed by atoms with Crippen LogP contribution < -0.4 is 5.32 Å². The number of halogens is 1. The predicted molar refractivity (Wildman–Crippen MR) is 57.7 cm³/mol. The van der Waals surface area contributed by atoms with Crippen molar-refractivity contribution < 1.29 is 0 Å². The molecular formula is C10H16ClN3. The highest BCUT2D eigenvalue weighted by Crippen LogP contribution is 2.32. The van der Waals surface area contributed by atoms with Crippen LogP contribution in [-0.2, 0) is 0 Å². The summed E-state index contributed by atoms with van der Waals surface area (Å²) in [7, 11) is 2.02. The van der Waals surface area contributed by atoms with Crippen LogP contribution in [0.3, 0.4) is 0 Å². The van der Waals surface area contributed by atoms with E-state index in [0.717, 1.165) is 17.1 Å².